The molecule has 19 heavy (non-hydrogen) atoms. The molecule has 1 aromatic carbocycles. The standard InChI is InChI=1S/C11H15NO5S2/c1-8-9(11(13)14)4-3-5-10(8)19(16,17)12-6-7-18(2)15/h3-5,12H,6-7H2,1-2H3,(H,13,14). The van der Waals surface area contributed by atoms with Gasteiger partial charge >= 0.3 is 5.97 Å². The van der Waals surface area contributed by atoms with Crippen LogP contribution < -0.4 is 4.72 Å². The average Bonchev–Trinajstić information content (AvgIpc) is 2.27. The van der Waals surface area contributed by atoms with Crippen molar-refractivity contribution in [3.63, 3.8) is 0 Å². The smallest absolute Gasteiger partial charge is 0.335 e. The quantitative estimate of drug-likeness (QED) is 0.790. The molecular weight excluding hydrogens is 290 g/mol. The molecule has 6 nitrogen and oxygen atoms in total. The molecule has 0 saturated heterocycles. The summed E-state index contributed by atoms with van der Waals surface area (Å²) < 4.78 is 37.2. The fourth-order valence-electron chi connectivity index (χ4n) is 1.53. The Bertz CT molecular complexity index is 610. The monoisotopic (exact) mass is 305 g/mol. The Hall–Kier alpha value is -1.25. The molecule has 0 radical (unpaired) electrons. The van der Waals surface area contributed by atoms with Crippen molar-refractivity contribution < 1.29 is 22.5 Å². The molecule has 106 valence electrons. The Kier molecular flexibility index (Phi) is 5.21. The predicted molar refractivity (Wildman–Crippen MR) is 72.3 cm³/mol. The van der Waals surface area contributed by atoms with Gasteiger partial charge in [-0.25, -0.2) is 17.9 Å². The molecule has 1 rings (SSSR count). The minimum Gasteiger partial charge on any atom is -0.478 e. The second kappa shape index (κ2) is 6.27. The van der Waals surface area contributed by atoms with E-state index in [1.807, 2.05) is 0 Å². The first kappa shape index (κ1) is 15.8. The van der Waals surface area contributed by atoms with Gasteiger partial charge in [-0.05, 0) is 24.6 Å². The third kappa shape index (κ3) is 4.12. The van der Waals surface area contributed by atoms with Gasteiger partial charge in [-0.1, -0.05) is 6.07 Å². The van der Waals surface area contributed by atoms with Crippen LogP contribution in [0.4, 0.5) is 0 Å². The minimum absolute atomic E-state index is 0.0438. The molecule has 0 amide bonds. The first-order valence-electron chi connectivity index (χ1n) is 5.38. The van der Waals surface area contributed by atoms with Crippen molar-refractivity contribution in [3.05, 3.63) is 29.3 Å². The normalized spacial score (nSPS) is 13.2. The van der Waals surface area contributed by atoms with Crippen molar-refractivity contribution in [2.24, 2.45) is 0 Å². The lowest BCUT2D eigenvalue weighted by Gasteiger charge is -2.10. The van der Waals surface area contributed by atoms with Gasteiger partial charge in [0.05, 0.1) is 10.5 Å². The third-order valence-corrected chi connectivity index (χ3v) is 4.87. The van der Waals surface area contributed by atoms with Gasteiger partial charge in [0.2, 0.25) is 10.0 Å². The Morgan fingerprint density at radius 1 is 1.42 bits per heavy atom. The molecule has 1 unspecified atom stereocenters. The van der Waals surface area contributed by atoms with E-state index >= 15 is 0 Å². The summed E-state index contributed by atoms with van der Waals surface area (Å²) in [6.45, 7) is 1.48. The van der Waals surface area contributed by atoms with Crippen LogP contribution in [-0.4, -0.2) is 42.3 Å². The largest absolute Gasteiger partial charge is 0.478 e. The van der Waals surface area contributed by atoms with Crippen LogP contribution in [0.5, 0.6) is 0 Å². The van der Waals surface area contributed by atoms with Crippen molar-refractivity contribution >= 4 is 26.8 Å². The van der Waals surface area contributed by atoms with E-state index in [0.717, 1.165) is 0 Å². The van der Waals surface area contributed by atoms with E-state index in [0.29, 0.717) is 0 Å². The average molecular weight is 305 g/mol. The van der Waals surface area contributed by atoms with Crippen LogP contribution in [0.3, 0.4) is 0 Å². The highest BCUT2D eigenvalue weighted by Crippen LogP contribution is 2.18. The maximum atomic E-state index is 12.0. The summed E-state index contributed by atoms with van der Waals surface area (Å²) in [5.74, 6) is -0.971. The molecule has 0 heterocycles. The van der Waals surface area contributed by atoms with E-state index in [2.05, 4.69) is 4.72 Å². The maximum absolute atomic E-state index is 12.0. The first-order chi connectivity index (χ1) is 8.75. The number of rotatable bonds is 6. The van der Waals surface area contributed by atoms with Gasteiger partial charge in [-0.2, -0.15) is 0 Å². The highest BCUT2D eigenvalue weighted by molar-refractivity contribution is 7.89. The number of aromatic carboxylic acids is 1. The van der Waals surface area contributed by atoms with Crippen molar-refractivity contribution in [1.82, 2.24) is 4.72 Å². The molecule has 0 bridgehead atoms. The predicted octanol–water partition coefficient (Wildman–Crippen LogP) is 0.350. The van der Waals surface area contributed by atoms with E-state index in [-0.39, 0.29) is 28.3 Å². The lowest BCUT2D eigenvalue weighted by molar-refractivity contribution is 0.0696. The number of nitrogens with one attached hydrogen (secondary N) is 1. The van der Waals surface area contributed by atoms with Gasteiger partial charge in [0, 0.05) is 29.4 Å². The molecule has 1 aromatic rings. The molecule has 1 atom stereocenters. The molecule has 0 aliphatic heterocycles. The Morgan fingerprint density at radius 2 is 2.05 bits per heavy atom. The maximum Gasteiger partial charge on any atom is 0.335 e. The van der Waals surface area contributed by atoms with Crippen molar-refractivity contribution in [3.8, 4) is 0 Å². The van der Waals surface area contributed by atoms with Gasteiger partial charge in [0.1, 0.15) is 0 Å². The summed E-state index contributed by atoms with van der Waals surface area (Å²) in [5.41, 5.74) is 0.127. The van der Waals surface area contributed by atoms with Gasteiger partial charge in [0.25, 0.3) is 0 Å². The summed E-state index contributed by atoms with van der Waals surface area (Å²) in [4.78, 5) is 10.9. The van der Waals surface area contributed by atoms with Gasteiger partial charge in [0.15, 0.2) is 0 Å². The van der Waals surface area contributed by atoms with E-state index in [9.17, 15) is 17.4 Å². The number of hydrogen-bond donors (Lipinski definition) is 2. The second-order valence-corrected chi connectivity index (χ2v) is 7.20. The van der Waals surface area contributed by atoms with Crippen LogP contribution >= 0.6 is 0 Å². The zero-order chi connectivity index (χ0) is 14.6. The molecule has 0 fully saturated rings. The lowest BCUT2D eigenvalue weighted by Crippen LogP contribution is -2.28. The fraction of sp³-hybridized carbons (Fsp3) is 0.364. The van der Waals surface area contributed by atoms with E-state index < -0.39 is 26.8 Å². The Labute approximate surface area is 114 Å². The summed E-state index contributed by atoms with van der Waals surface area (Å²) in [6.07, 6.45) is 1.48. The van der Waals surface area contributed by atoms with Crippen LogP contribution in [0.1, 0.15) is 15.9 Å². The molecule has 8 heteroatoms. The van der Waals surface area contributed by atoms with Gasteiger partial charge < -0.3 is 5.11 Å². The minimum atomic E-state index is -3.79. The van der Waals surface area contributed by atoms with E-state index in [1.165, 1.54) is 31.4 Å². The Balaban J connectivity index is 3.05. The highest BCUT2D eigenvalue weighted by atomic mass is 32.2. The van der Waals surface area contributed by atoms with Crippen LogP contribution in [0.25, 0.3) is 0 Å². The van der Waals surface area contributed by atoms with Gasteiger partial charge in [-0.3, -0.25) is 4.21 Å². The topological polar surface area (TPSA) is 101 Å². The lowest BCUT2D eigenvalue weighted by atomic mass is 10.1. The van der Waals surface area contributed by atoms with Crippen molar-refractivity contribution in [1.29, 1.82) is 0 Å². The number of carbonyl (C=O) groups is 1. The summed E-state index contributed by atoms with van der Waals surface area (Å²) in [5, 5.41) is 8.95. The number of benzene rings is 1. The first-order valence-corrected chi connectivity index (χ1v) is 8.59. The summed E-state index contributed by atoms with van der Waals surface area (Å²) >= 11 is 0. The fourth-order valence-corrected chi connectivity index (χ4v) is 3.35. The van der Waals surface area contributed by atoms with Crippen LogP contribution in [0, 0.1) is 6.92 Å². The van der Waals surface area contributed by atoms with E-state index in [4.69, 9.17) is 5.11 Å². The summed E-state index contributed by atoms with van der Waals surface area (Å²) in [6, 6.07) is 4.06. The van der Waals surface area contributed by atoms with Crippen molar-refractivity contribution in [2.45, 2.75) is 11.8 Å². The number of carboxylic acid groups (broad SMARTS) is 1. The number of carboxylic acids is 1. The molecular formula is C11H15NO5S2. The van der Waals surface area contributed by atoms with Crippen molar-refractivity contribution in [2.75, 3.05) is 18.6 Å². The molecule has 2 N–H and O–H groups in total. The second-order valence-electron chi connectivity index (χ2n) is 3.91. The molecule has 0 aliphatic carbocycles. The van der Waals surface area contributed by atoms with Crippen LogP contribution in [0.15, 0.2) is 23.1 Å². The molecule has 0 aromatic heterocycles. The number of sulfonamides is 1. The van der Waals surface area contributed by atoms with Crippen LogP contribution in [-0.2, 0) is 20.8 Å². The van der Waals surface area contributed by atoms with E-state index in [1.54, 1.807) is 0 Å². The number of hydrogen-bond acceptors (Lipinski definition) is 4. The van der Waals surface area contributed by atoms with Gasteiger partial charge in [-0.15, -0.1) is 0 Å². The zero-order valence-electron chi connectivity index (χ0n) is 10.5. The summed E-state index contributed by atoms with van der Waals surface area (Å²) in [7, 11) is -4.89. The molecule has 0 aliphatic rings. The molecule has 0 spiro atoms. The third-order valence-electron chi connectivity index (χ3n) is 2.49. The zero-order valence-corrected chi connectivity index (χ0v) is 12.2. The SMILES string of the molecule is Cc1c(C(=O)O)cccc1S(=O)(=O)NCCS(C)=O. The Morgan fingerprint density at radius 3 is 2.58 bits per heavy atom. The highest BCUT2D eigenvalue weighted by Gasteiger charge is 2.20. The van der Waals surface area contributed by atoms with Crippen LogP contribution in [0.2, 0.25) is 0 Å². The molecule has 0 saturated carbocycles.